The molecule has 0 aromatic heterocycles. The van der Waals surface area contributed by atoms with Crippen molar-refractivity contribution in [1.82, 2.24) is 10.2 Å². The predicted octanol–water partition coefficient (Wildman–Crippen LogP) is 1.89. The van der Waals surface area contributed by atoms with Gasteiger partial charge >= 0.3 is 0 Å². The quantitative estimate of drug-likeness (QED) is 0.794. The van der Waals surface area contributed by atoms with Crippen molar-refractivity contribution in [3.63, 3.8) is 0 Å². The molecule has 0 radical (unpaired) electrons. The summed E-state index contributed by atoms with van der Waals surface area (Å²) in [7, 11) is 0. The Kier molecular flexibility index (Phi) is 5.74. The molecule has 1 aromatic carbocycles. The van der Waals surface area contributed by atoms with Crippen LogP contribution in [0.3, 0.4) is 0 Å². The molecule has 5 heteroatoms. The predicted molar refractivity (Wildman–Crippen MR) is 95.9 cm³/mol. The van der Waals surface area contributed by atoms with E-state index < -0.39 is 5.60 Å². The van der Waals surface area contributed by atoms with Crippen molar-refractivity contribution in [1.29, 1.82) is 0 Å². The molecule has 5 nitrogen and oxygen atoms in total. The van der Waals surface area contributed by atoms with Gasteiger partial charge < -0.3 is 15.3 Å². The maximum absolute atomic E-state index is 12.2. The summed E-state index contributed by atoms with van der Waals surface area (Å²) in [5.41, 5.74) is 0.425. The first-order valence-corrected chi connectivity index (χ1v) is 9.35. The second kappa shape index (κ2) is 8.00. The van der Waals surface area contributed by atoms with E-state index in [2.05, 4.69) is 17.4 Å². The second-order valence-electron chi connectivity index (χ2n) is 7.56. The fourth-order valence-electron chi connectivity index (χ4n) is 3.94. The third-order valence-corrected chi connectivity index (χ3v) is 5.42. The molecule has 1 aliphatic carbocycles. The van der Waals surface area contributed by atoms with Crippen molar-refractivity contribution in [3.05, 3.63) is 35.9 Å². The molecule has 25 heavy (non-hydrogen) atoms. The highest BCUT2D eigenvalue weighted by Crippen LogP contribution is 2.32. The number of nitrogens with zero attached hydrogens (tertiary/aromatic N) is 1. The molecule has 1 heterocycles. The van der Waals surface area contributed by atoms with Crippen LogP contribution in [0.15, 0.2) is 30.3 Å². The summed E-state index contributed by atoms with van der Waals surface area (Å²) in [6.07, 6.45) is 4.98. The van der Waals surface area contributed by atoms with Crippen LogP contribution in [0.25, 0.3) is 0 Å². The van der Waals surface area contributed by atoms with Crippen LogP contribution in [0.1, 0.15) is 44.1 Å². The second-order valence-corrected chi connectivity index (χ2v) is 7.56. The number of carbonyl (C=O) groups excluding carboxylic acids is 2. The molecule has 1 atom stereocenters. The number of hydrogen-bond acceptors (Lipinski definition) is 3. The minimum absolute atomic E-state index is 0.0976. The lowest BCUT2D eigenvalue weighted by molar-refractivity contribution is -0.128. The molecular formula is C20H28N2O3. The van der Waals surface area contributed by atoms with Gasteiger partial charge in [-0.3, -0.25) is 9.59 Å². The highest BCUT2D eigenvalue weighted by Gasteiger charge is 2.34. The minimum atomic E-state index is -0.808. The maximum Gasteiger partial charge on any atom is 0.223 e. The zero-order valence-corrected chi connectivity index (χ0v) is 14.7. The van der Waals surface area contributed by atoms with Gasteiger partial charge in [-0.25, -0.2) is 0 Å². The molecule has 1 aromatic rings. The van der Waals surface area contributed by atoms with Gasteiger partial charge in [0, 0.05) is 32.0 Å². The summed E-state index contributed by atoms with van der Waals surface area (Å²) in [6.45, 7) is 1.95. The van der Waals surface area contributed by atoms with Crippen LogP contribution < -0.4 is 5.32 Å². The van der Waals surface area contributed by atoms with Gasteiger partial charge in [-0.05, 0) is 24.8 Å². The summed E-state index contributed by atoms with van der Waals surface area (Å²) in [4.78, 5) is 26.1. The van der Waals surface area contributed by atoms with Crippen LogP contribution >= 0.6 is 0 Å². The monoisotopic (exact) mass is 344 g/mol. The Morgan fingerprint density at radius 3 is 2.68 bits per heavy atom. The van der Waals surface area contributed by atoms with Crippen molar-refractivity contribution in [2.24, 2.45) is 5.92 Å². The van der Waals surface area contributed by atoms with Gasteiger partial charge in [0.15, 0.2) is 0 Å². The van der Waals surface area contributed by atoms with Crippen LogP contribution in [-0.4, -0.2) is 47.1 Å². The lowest BCUT2D eigenvalue weighted by Gasteiger charge is -2.22. The van der Waals surface area contributed by atoms with Gasteiger partial charge in [0.05, 0.1) is 12.0 Å². The molecule has 1 unspecified atom stereocenters. The Bertz CT molecular complexity index is 596. The summed E-state index contributed by atoms with van der Waals surface area (Å²) in [5, 5.41) is 13.2. The molecule has 2 fully saturated rings. The molecular weight excluding hydrogens is 316 g/mol. The largest absolute Gasteiger partial charge is 0.389 e. The number of aliphatic hydroxyl groups is 1. The zero-order valence-electron chi connectivity index (χ0n) is 14.7. The molecule has 2 aliphatic rings. The van der Waals surface area contributed by atoms with Crippen molar-refractivity contribution >= 4 is 11.8 Å². The Labute approximate surface area is 149 Å². The van der Waals surface area contributed by atoms with Crippen LogP contribution in [0.2, 0.25) is 0 Å². The lowest BCUT2D eigenvalue weighted by Crippen LogP contribution is -2.37. The highest BCUT2D eigenvalue weighted by molar-refractivity contribution is 5.79. The molecule has 3 rings (SSSR count). The summed E-state index contributed by atoms with van der Waals surface area (Å²) >= 11 is 0. The molecule has 1 saturated carbocycles. The van der Waals surface area contributed by atoms with Crippen LogP contribution in [0.4, 0.5) is 0 Å². The standard InChI is InChI=1S/C20H28N2O3/c23-18(13-20(25)9-4-5-10-20)21-14-17-12-19(24)22(15-17)11-8-16-6-2-1-3-7-16/h1-3,6-7,17,25H,4-5,8-15H2,(H,21,23). The molecule has 2 amide bonds. The van der Waals surface area contributed by atoms with E-state index in [0.29, 0.717) is 19.5 Å². The first-order chi connectivity index (χ1) is 12.0. The molecule has 0 spiro atoms. The summed E-state index contributed by atoms with van der Waals surface area (Å²) in [6, 6.07) is 10.2. The average molecular weight is 344 g/mol. The van der Waals surface area contributed by atoms with E-state index in [1.165, 1.54) is 5.56 Å². The number of likely N-dealkylation sites (tertiary alicyclic amines) is 1. The topological polar surface area (TPSA) is 69.6 Å². The SMILES string of the molecule is O=C(CC1(O)CCCC1)NCC1CC(=O)N(CCc2ccccc2)C1. The fourth-order valence-corrected chi connectivity index (χ4v) is 3.94. The van der Waals surface area contributed by atoms with E-state index in [9.17, 15) is 14.7 Å². The fraction of sp³-hybridized carbons (Fsp3) is 0.600. The Balaban J connectivity index is 1.39. The molecule has 1 aliphatic heterocycles. The number of carbonyl (C=O) groups is 2. The summed E-state index contributed by atoms with van der Waals surface area (Å²) in [5.74, 6) is 0.245. The number of amides is 2. The third kappa shape index (κ3) is 5.05. The van der Waals surface area contributed by atoms with Crippen LogP contribution in [-0.2, 0) is 16.0 Å². The van der Waals surface area contributed by atoms with Gasteiger partial charge in [-0.1, -0.05) is 43.2 Å². The van der Waals surface area contributed by atoms with Crippen molar-refractivity contribution in [2.45, 2.75) is 50.5 Å². The molecule has 2 N–H and O–H groups in total. The molecule has 0 bridgehead atoms. The van der Waals surface area contributed by atoms with Gasteiger partial charge in [0.2, 0.25) is 11.8 Å². The summed E-state index contributed by atoms with van der Waals surface area (Å²) < 4.78 is 0. The van der Waals surface area contributed by atoms with Crippen molar-refractivity contribution < 1.29 is 14.7 Å². The van der Waals surface area contributed by atoms with Gasteiger partial charge in [-0.15, -0.1) is 0 Å². The molecule has 1 saturated heterocycles. The lowest BCUT2D eigenvalue weighted by atomic mass is 9.97. The van der Waals surface area contributed by atoms with E-state index in [0.717, 1.165) is 38.6 Å². The van der Waals surface area contributed by atoms with Crippen LogP contribution in [0.5, 0.6) is 0 Å². The van der Waals surface area contributed by atoms with Gasteiger partial charge in [0.25, 0.3) is 0 Å². The average Bonchev–Trinajstić information content (AvgIpc) is 3.18. The minimum Gasteiger partial charge on any atom is -0.389 e. The Morgan fingerprint density at radius 2 is 1.96 bits per heavy atom. The smallest absolute Gasteiger partial charge is 0.223 e. The zero-order chi connectivity index (χ0) is 17.7. The van der Waals surface area contributed by atoms with Crippen LogP contribution in [0, 0.1) is 5.92 Å². The maximum atomic E-state index is 12.2. The molecule has 136 valence electrons. The number of rotatable bonds is 7. The number of nitrogens with one attached hydrogen (secondary N) is 1. The Hall–Kier alpha value is -1.88. The third-order valence-electron chi connectivity index (χ3n) is 5.42. The number of benzene rings is 1. The highest BCUT2D eigenvalue weighted by atomic mass is 16.3. The van der Waals surface area contributed by atoms with Gasteiger partial charge in [0.1, 0.15) is 0 Å². The van der Waals surface area contributed by atoms with Crippen molar-refractivity contribution in [3.8, 4) is 0 Å². The Morgan fingerprint density at radius 1 is 1.24 bits per heavy atom. The first-order valence-electron chi connectivity index (χ1n) is 9.35. The van der Waals surface area contributed by atoms with E-state index >= 15 is 0 Å². The first kappa shape index (κ1) is 17.9. The normalized spacial score (nSPS) is 22.4. The van der Waals surface area contributed by atoms with E-state index in [1.807, 2.05) is 23.1 Å². The van der Waals surface area contributed by atoms with E-state index in [1.54, 1.807) is 0 Å². The van der Waals surface area contributed by atoms with E-state index in [4.69, 9.17) is 0 Å². The van der Waals surface area contributed by atoms with E-state index in [-0.39, 0.29) is 24.2 Å². The number of hydrogen-bond donors (Lipinski definition) is 2. The van der Waals surface area contributed by atoms with Gasteiger partial charge in [-0.2, -0.15) is 0 Å². The van der Waals surface area contributed by atoms with Crippen molar-refractivity contribution in [2.75, 3.05) is 19.6 Å².